The molecule has 0 bridgehead atoms. The lowest BCUT2D eigenvalue weighted by Crippen LogP contribution is -2.21. The molecule has 1 aliphatic rings. The minimum atomic E-state index is 0.470. The van der Waals surface area contributed by atoms with Crippen molar-refractivity contribution in [3.8, 4) is 0 Å². The summed E-state index contributed by atoms with van der Waals surface area (Å²) in [4.78, 5) is 8.00. The third-order valence-electron chi connectivity index (χ3n) is 2.27. The van der Waals surface area contributed by atoms with Crippen molar-refractivity contribution in [3.05, 3.63) is 0 Å². The van der Waals surface area contributed by atoms with E-state index in [0.29, 0.717) is 10.8 Å². The fourth-order valence-corrected chi connectivity index (χ4v) is 1.58. The topological polar surface area (TPSA) is 17.1 Å². The first-order valence-electron chi connectivity index (χ1n) is 4.03. The van der Waals surface area contributed by atoms with Crippen molar-refractivity contribution in [2.45, 2.75) is 44.9 Å². The molecule has 0 aromatic carbocycles. The van der Waals surface area contributed by atoms with Crippen molar-refractivity contribution in [2.24, 2.45) is 5.41 Å². The summed E-state index contributed by atoms with van der Waals surface area (Å²) in [6.45, 7) is 6.66. The zero-order valence-corrected chi connectivity index (χ0v) is 8.16. The van der Waals surface area contributed by atoms with E-state index in [-0.39, 0.29) is 0 Å². The molecule has 1 nitrogen and oxygen atoms in total. The molecule has 0 aliphatic heterocycles. The van der Waals surface area contributed by atoms with E-state index in [1.807, 2.05) is 6.79 Å². The highest BCUT2D eigenvalue weighted by atomic mass is 35.5. The first-order chi connectivity index (χ1) is 5.10. The molecule has 1 saturated carbocycles. The molecule has 0 aromatic heterocycles. The van der Waals surface area contributed by atoms with Gasteiger partial charge in [-0.15, -0.1) is 11.6 Å². The molecule has 0 amide bonds. The largest absolute Gasteiger partial charge is 0.307 e. The van der Waals surface area contributed by atoms with Gasteiger partial charge in [-0.05, 0) is 31.1 Å². The predicted molar refractivity (Wildman–Crippen MR) is 49.0 cm³/mol. The summed E-state index contributed by atoms with van der Waals surface area (Å²) < 4.78 is 0. The summed E-state index contributed by atoms with van der Waals surface area (Å²) in [5.74, 6) is 0. The van der Waals surface area contributed by atoms with Gasteiger partial charge in [0.2, 0.25) is 0 Å². The first-order valence-corrected chi connectivity index (χ1v) is 4.47. The van der Waals surface area contributed by atoms with Gasteiger partial charge in [0.1, 0.15) is 6.79 Å². The van der Waals surface area contributed by atoms with Crippen LogP contribution in [0.3, 0.4) is 0 Å². The highest BCUT2D eigenvalue weighted by molar-refractivity contribution is 6.20. The maximum absolute atomic E-state index is 8.00. The fourth-order valence-electron chi connectivity index (χ4n) is 1.36. The number of carbonyl (C=O) groups excluding carboxylic acids is 1. The third-order valence-corrected chi connectivity index (χ3v) is 2.71. The summed E-state index contributed by atoms with van der Waals surface area (Å²) in [7, 11) is 0. The molecule has 1 rings (SSSR count). The second kappa shape index (κ2) is 4.76. The molecule has 0 aromatic rings. The van der Waals surface area contributed by atoms with Crippen molar-refractivity contribution in [1.29, 1.82) is 0 Å². The van der Waals surface area contributed by atoms with Crippen molar-refractivity contribution in [2.75, 3.05) is 0 Å². The van der Waals surface area contributed by atoms with Gasteiger partial charge >= 0.3 is 0 Å². The van der Waals surface area contributed by atoms with Crippen LogP contribution >= 0.6 is 11.6 Å². The van der Waals surface area contributed by atoms with Crippen molar-refractivity contribution >= 4 is 18.4 Å². The monoisotopic (exact) mass is 176 g/mol. The number of alkyl halides is 1. The van der Waals surface area contributed by atoms with E-state index in [1.165, 1.54) is 25.7 Å². The molecular formula is C9H17ClO. The number of halogens is 1. The molecule has 0 saturated heterocycles. The average molecular weight is 177 g/mol. The molecule has 1 aliphatic carbocycles. The zero-order valence-electron chi connectivity index (χ0n) is 7.40. The van der Waals surface area contributed by atoms with E-state index in [4.69, 9.17) is 16.4 Å². The van der Waals surface area contributed by atoms with E-state index in [9.17, 15) is 0 Å². The van der Waals surface area contributed by atoms with Gasteiger partial charge in [0.05, 0.1) is 0 Å². The van der Waals surface area contributed by atoms with Crippen LogP contribution in [0.5, 0.6) is 0 Å². The van der Waals surface area contributed by atoms with Gasteiger partial charge in [0.15, 0.2) is 0 Å². The highest BCUT2D eigenvalue weighted by Gasteiger charge is 2.25. The minimum Gasteiger partial charge on any atom is -0.307 e. The minimum absolute atomic E-state index is 0.470. The summed E-state index contributed by atoms with van der Waals surface area (Å²) >= 11 is 5.94. The fraction of sp³-hybridized carbons (Fsp3) is 0.889. The Balaban J connectivity index is 0.000000461. The van der Waals surface area contributed by atoms with Gasteiger partial charge in [0, 0.05) is 5.38 Å². The number of hydrogen-bond donors (Lipinski definition) is 0. The van der Waals surface area contributed by atoms with Crippen LogP contribution in [0.15, 0.2) is 0 Å². The summed E-state index contributed by atoms with van der Waals surface area (Å²) in [6.07, 6.45) is 5.05. The van der Waals surface area contributed by atoms with Gasteiger partial charge in [-0.3, -0.25) is 0 Å². The van der Waals surface area contributed by atoms with Crippen LogP contribution in [0.2, 0.25) is 0 Å². The normalized spacial score (nSPS) is 23.5. The highest BCUT2D eigenvalue weighted by Crippen LogP contribution is 2.36. The zero-order chi connectivity index (χ0) is 8.91. The number of hydrogen-bond acceptors (Lipinski definition) is 1. The molecule has 66 valence electrons. The Bertz CT molecular complexity index is 102. The van der Waals surface area contributed by atoms with Gasteiger partial charge < -0.3 is 4.79 Å². The Hall–Kier alpha value is -0.0400. The second-order valence-electron chi connectivity index (χ2n) is 3.84. The molecule has 1 fully saturated rings. The lowest BCUT2D eigenvalue weighted by Gasteiger charge is -2.31. The van der Waals surface area contributed by atoms with Crippen LogP contribution in [0.25, 0.3) is 0 Å². The molecule has 2 heteroatoms. The van der Waals surface area contributed by atoms with Gasteiger partial charge in [-0.1, -0.05) is 13.8 Å². The van der Waals surface area contributed by atoms with Crippen LogP contribution in [-0.4, -0.2) is 12.2 Å². The molecule has 0 radical (unpaired) electrons. The lowest BCUT2D eigenvalue weighted by molar-refractivity contribution is -0.0979. The van der Waals surface area contributed by atoms with Crippen LogP contribution in [0, 0.1) is 5.41 Å². The molecule has 0 unspecified atom stereocenters. The van der Waals surface area contributed by atoms with Crippen LogP contribution < -0.4 is 0 Å². The lowest BCUT2D eigenvalue weighted by atomic mass is 9.77. The Morgan fingerprint density at radius 3 is 1.91 bits per heavy atom. The van der Waals surface area contributed by atoms with Crippen molar-refractivity contribution in [3.63, 3.8) is 0 Å². The van der Waals surface area contributed by atoms with E-state index >= 15 is 0 Å². The standard InChI is InChI=1S/C8H15Cl.CH2O/c1-8(2)5-3-7(9)4-6-8;1-2/h7H,3-6H2,1-2H3;1H2. The molecular weight excluding hydrogens is 160 g/mol. The van der Waals surface area contributed by atoms with E-state index in [1.54, 1.807) is 0 Å². The first kappa shape index (κ1) is 11.0. The van der Waals surface area contributed by atoms with E-state index in [0.717, 1.165) is 0 Å². The van der Waals surface area contributed by atoms with Gasteiger partial charge in [-0.2, -0.15) is 0 Å². The molecule has 0 spiro atoms. The molecule has 0 heterocycles. The predicted octanol–water partition coefficient (Wildman–Crippen LogP) is 3.01. The number of rotatable bonds is 0. The van der Waals surface area contributed by atoms with Gasteiger partial charge in [-0.25, -0.2) is 0 Å². The van der Waals surface area contributed by atoms with Gasteiger partial charge in [0.25, 0.3) is 0 Å². The summed E-state index contributed by atoms with van der Waals surface area (Å²) in [6, 6.07) is 0. The maximum Gasteiger partial charge on any atom is 0.106 e. The van der Waals surface area contributed by atoms with Crippen molar-refractivity contribution in [1.82, 2.24) is 0 Å². The third kappa shape index (κ3) is 4.41. The van der Waals surface area contributed by atoms with Crippen LogP contribution in [0.1, 0.15) is 39.5 Å². The Kier molecular flexibility index (Phi) is 4.74. The smallest absolute Gasteiger partial charge is 0.106 e. The number of carbonyl (C=O) groups is 1. The van der Waals surface area contributed by atoms with Crippen LogP contribution in [0.4, 0.5) is 0 Å². The Morgan fingerprint density at radius 1 is 1.27 bits per heavy atom. The van der Waals surface area contributed by atoms with E-state index < -0.39 is 0 Å². The second-order valence-corrected chi connectivity index (χ2v) is 4.46. The summed E-state index contributed by atoms with van der Waals surface area (Å²) in [5.41, 5.74) is 0.575. The molecule has 0 N–H and O–H groups in total. The summed E-state index contributed by atoms with van der Waals surface area (Å²) in [5, 5.41) is 0.470. The quantitative estimate of drug-likeness (QED) is 0.519. The molecule has 11 heavy (non-hydrogen) atoms. The van der Waals surface area contributed by atoms with E-state index in [2.05, 4.69) is 13.8 Å². The van der Waals surface area contributed by atoms with Crippen LogP contribution in [-0.2, 0) is 4.79 Å². The maximum atomic E-state index is 8.00. The molecule has 0 atom stereocenters. The average Bonchev–Trinajstić information content (AvgIpc) is 2.00. The van der Waals surface area contributed by atoms with Crippen molar-refractivity contribution < 1.29 is 4.79 Å². The SMILES string of the molecule is C=O.CC1(C)CCC(Cl)CC1. The Morgan fingerprint density at radius 2 is 1.64 bits per heavy atom. The Labute approximate surface area is 74.1 Å².